The molecular weight excluding hydrogens is 398 g/mol. The smallest absolute Gasteiger partial charge is 0.222 e. The SMILES string of the molecule is CC(O)(c1ccc2c(c1)N(c1nc(N)ncc1Cl)CC21COC1)c1nccs1. The van der Waals surface area contributed by atoms with Gasteiger partial charge in [0, 0.05) is 23.8 Å². The number of fused-ring (bicyclic) bond motifs is 2. The van der Waals surface area contributed by atoms with Crippen LogP contribution in [0.25, 0.3) is 0 Å². The molecule has 9 heteroatoms. The number of nitrogen functional groups attached to an aromatic ring is 1. The van der Waals surface area contributed by atoms with Gasteiger partial charge in [0.15, 0.2) is 5.82 Å². The van der Waals surface area contributed by atoms with E-state index in [1.54, 1.807) is 13.1 Å². The fourth-order valence-corrected chi connectivity index (χ4v) is 4.82. The summed E-state index contributed by atoms with van der Waals surface area (Å²) in [6.45, 7) is 3.71. The number of hydrogen-bond donors (Lipinski definition) is 2. The minimum Gasteiger partial charge on any atom is -0.379 e. The van der Waals surface area contributed by atoms with E-state index in [2.05, 4.69) is 21.0 Å². The van der Waals surface area contributed by atoms with E-state index in [1.807, 2.05) is 22.4 Å². The van der Waals surface area contributed by atoms with Gasteiger partial charge in [-0.25, -0.2) is 9.97 Å². The second-order valence-corrected chi connectivity index (χ2v) is 8.70. The molecule has 1 spiro atoms. The molecule has 1 atom stereocenters. The normalized spacial score (nSPS) is 19.3. The predicted octanol–water partition coefficient (Wildman–Crippen LogP) is 2.84. The predicted molar refractivity (Wildman–Crippen MR) is 108 cm³/mol. The summed E-state index contributed by atoms with van der Waals surface area (Å²) in [5.41, 5.74) is 7.36. The highest BCUT2D eigenvalue weighted by Crippen LogP contribution is 2.50. The van der Waals surface area contributed by atoms with Crippen LogP contribution in [0.5, 0.6) is 0 Å². The maximum atomic E-state index is 11.2. The molecule has 7 nitrogen and oxygen atoms in total. The summed E-state index contributed by atoms with van der Waals surface area (Å²) in [6, 6.07) is 6.01. The van der Waals surface area contributed by atoms with Crippen LogP contribution in [0.2, 0.25) is 5.02 Å². The maximum Gasteiger partial charge on any atom is 0.222 e. The Hall–Kier alpha value is -2.26. The summed E-state index contributed by atoms with van der Waals surface area (Å²) in [7, 11) is 0. The summed E-state index contributed by atoms with van der Waals surface area (Å²) in [6.07, 6.45) is 3.20. The Bertz CT molecular complexity index is 1050. The van der Waals surface area contributed by atoms with Crippen molar-refractivity contribution < 1.29 is 9.84 Å². The molecule has 1 saturated heterocycles. The van der Waals surface area contributed by atoms with Crippen LogP contribution >= 0.6 is 22.9 Å². The van der Waals surface area contributed by atoms with Crippen molar-refractivity contribution in [1.29, 1.82) is 0 Å². The van der Waals surface area contributed by atoms with Gasteiger partial charge in [-0.2, -0.15) is 4.98 Å². The largest absolute Gasteiger partial charge is 0.379 e. The minimum absolute atomic E-state index is 0.107. The molecular formula is C19H18ClN5O2S. The summed E-state index contributed by atoms with van der Waals surface area (Å²) < 4.78 is 5.54. The molecule has 0 amide bonds. The molecule has 0 aliphatic carbocycles. The molecule has 1 aromatic carbocycles. The number of benzene rings is 1. The highest BCUT2D eigenvalue weighted by molar-refractivity contribution is 7.09. The number of halogens is 1. The van der Waals surface area contributed by atoms with E-state index in [4.69, 9.17) is 22.1 Å². The first-order valence-electron chi connectivity index (χ1n) is 8.81. The van der Waals surface area contributed by atoms with Crippen molar-refractivity contribution in [2.24, 2.45) is 0 Å². The first-order chi connectivity index (χ1) is 13.4. The Morgan fingerprint density at radius 2 is 2.18 bits per heavy atom. The number of thiazole rings is 1. The number of nitrogens with two attached hydrogens (primary N) is 1. The topological polar surface area (TPSA) is 97.4 Å². The Labute approximate surface area is 170 Å². The van der Waals surface area contributed by atoms with Crippen LogP contribution in [0.4, 0.5) is 17.5 Å². The van der Waals surface area contributed by atoms with Crippen LogP contribution in [0.15, 0.2) is 36.0 Å². The molecule has 2 aromatic heterocycles. The van der Waals surface area contributed by atoms with Crippen LogP contribution in [0.3, 0.4) is 0 Å². The highest BCUT2D eigenvalue weighted by Gasteiger charge is 2.50. The number of hydrogen-bond acceptors (Lipinski definition) is 8. The zero-order chi connectivity index (χ0) is 19.5. The lowest BCUT2D eigenvalue weighted by Crippen LogP contribution is -2.49. The number of anilines is 3. The molecule has 3 N–H and O–H groups in total. The van der Waals surface area contributed by atoms with Crippen LogP contribution in [-0.4, -0.2) is 39.8 Å². The standard InChI is InChI=1S/C19H18ClN5O2S/c1-18(26,16-22-4-5-28-16)11-2-3-12-14(6-11)25(8-19(12)9-27-10-19)15-13(20)7-23-17(21)24-15/h2-7,26H,8-10H2,1H3,(H2,21,23,24). The zero-order valence-corrected chi connectivity index (χ0v) is 16.7. The van der Waals surface area contributed by atoms with Crippen LogP contribution < -0.4 is 10.6 Å². The molecule has 0 radical (unpaired) electrons. The lowest BCUT2D eigenvalue weighted by molar-refractivity contribution is -0.0507. The Morgan fingerprint density at radius 3 is 2.86 bits per heavy atom. The number of rotatable bonds is 3. The highest BCUT2D eigenvalue weighted by atomic mass is 35.5. The van der Waals surface area contributed by atoms with Crippen LogP contribution in [0, 0.1) is 0 Å². The summed E-state index contributed by atoms with van der Waals surface area (Å²) in [4.78, 5) is 14.7. The average molecular weight is 416 g/mol. The van der Waals surface area contributed by atoms with Crippen molar-refractivity contribution >= 4 is 40.4 Å². The maximum absolute atomic E-state index is 11.2. The minimum atomic E-state index is -1.20. The lowest BCUT2D eigenvalue weighted by Gasteiger charge is -2.38. The number of ether oxygens (including phenoxy) is 1. The molecule has 144 valence electrons. The summed E-state index contributed by atoms with van der Waals surface area (Å²) in [5, 5.41) is 14.1. The molecule has 0 saturated carbocycles. The van der Waals surface area contributed by atoms with E-state index in [0.29, 0.717) is 35.6 Å². The third-order valence-electron chi connectivity index (χ3n) is 5.49. The fraction of sp³-hybridized carbons (Fsp3) is 0.316. The second kappa shape index (κ2) is 6.12. The van der Waals surface area contributed by atoms with Crippen molar-refractivity contribution in [3.63, 3.8) is 0 Å². The second-order valence-electron chi connectivity index (χ2n) is 7.40. The van der Waals surface area contributed by atoms with E-state index in [-0.39, 0.29) is 11.4 Å². The summed E-state index contributed by atoms with van der Waals surface area (Å²) >= 11 is 7.82. The molecule has 0 bridgehead atoms. The lowest BCUT2D eigenvalue weighted by atomic mass is 9.80. The summed E-state index contributed by atoms with van der Waals surface area (Å²) in [5.74, 6) is 0.725. The van der Waals surface area contributed by atoms with Gasteiger partial charge >= 0.3 is 0 Å². The Morgan fingerprint density at radius 1 is 1.36 bits per heavy atom. The van der Waals surface area contributed by atoms with Crippen LogP contribution in [-0.2, 0) is 15.8 Å². The fourth-order valence-electron chi connectivity index (χ4n) is 3.91. The monoisotopic (exact) mass is 415 g/mol. The third-order valence-corrected chi connectivity index (χ3v) is 6.74. The van der Waals surface area contributed by atoms with Gasteiger partial charge in [-0.1, -0.05) is 23.7 Å². The van der Waals surface area contributed by atoms with Gasteiger partial charge in [-0.05, 0) is 24.1 Å². The number of aliphatic hydroxyl groups is 1. The van der Waals surface area contributed by atoms with Crippen LogP contribution in [0.1, 0.15) is 23.1 Å². The molecule has 5 rings (SSSR count). The van der Waals surface area contributed by atoms with Gasteiger partial charge in [-0.3, -0.25) is 0 Å². The van der Waals surface area contributed by atoms with Gasteiger partial charge in [0.2, 0.25) is 5.95 Å². The molecule has 2 aliphatic heterocycles. The molecule has 2 aliphatic rings. The Kier molecular flexibility index (Phi) is 3.89. The van der Waals surface area contributed by atoms with E-state index < -0.39 is 5.60 Å². The van der Waals surface area contributed by atoms with E-state index in [9.17, 15) is 5.11 Å². The van der Waals surface area contributed by atoms with E-state index in [0.717, 1.165) is 16.8 Å². The number of aromatic nitrogens is 3. The first-order valence-corrected chi connectivity index (χ1v) is 10.1. The van der Waals surface area contributed by atoms with Crippen molar-refractivity contribution in [1.82, 2.24) is 15.0 Å². The molecule has 1 unspecified atom stereocenters. The van der Waals surface area contributed by atoms with Gasteiger partial charge in [-0.15, -0.1) is 11.3 Å². The van der Waals surface area contributed by atoms with Gasteiger partial charge in [0.25, 0.3) is 0 Å². The van der Waals surface area contributed by atoms with Gasteiger partial charge < -0.3 is 20.5 Å². The Balaban J connectivity index is 1.66. The van der Waals surface area contributed by atoms with E-state index in [1.165, 1.54) is 17.5 Å². The molecule has 4 heterocycles. The quantitative estimate of drug-likeness (QED) is 0.678. The van der Waals surface area contributed by atoms with Crippen molar-refractivity contribution in [2.45, 2.75) is 17.9 Å². The molecule has 3 aromatic rings. The van der Waals surface area contributed by atoms with Gasteiger partial charge in [0.05, 0.1) is 24.8 Å². The van der Waals surface area contributed by atoms with Crippen molar-refractivity contribution in [3.05, 3.63) is 57.1 Å². The van der Waals surface area contributed by atoms with Crippen molar-refractivity contribution in [2.75, 3.05) is 30.4 Å². The molecule has 1 fully saturated rings. The number of nitrogens with zero attached hydrogens (tertiary/aromatic N) is 4. The average Bonchev–Trinajstić information content (AvgIpc) is 3.29. The first kappa shape index (κ1) is 17.8. The zero-order valence-electron chi connectivity index (χ0n) is 15.1. The molecule has 28 heavy (non-hydrogen) atoms. The third kappa shape index (κ3) is 2.52. The van der Waals surface area contributed by atoms with Crippen molar-refractivity contribution in [3.8, 4) is 0 Å². The van der Waals surface area contributed by atoms with Gasteiger partial charge in [0.1, 0.15) is 15.6 Å². The van der Waals surface area contributed by atoms with E-state index >= 15 is 0 Å².